The molecule has 0 saturated carbocycles. The van der Waals surface area contributed by atoms with Crippen molar-refractivity contribution in [3.8, 4) is 22.8 Å². The van der Waals surface area contributed by atoms with Gasteiger partial charge in [-0.3, -0.25) is 0 Å². The van der Waals surface area contributed by atoms with Crippen LogP contribution in [0.15, 0.2) is 58.2 Å². The molecule has 0 unspecified atom stereocenters. The molecular formula is C25H27FN2O6. The Labute approximate surface area is 196 Å². The van der Waals surface area contributed by atoms with Gasteiger partial charge in [-0.05, 0) is 48.7 Å². The number of benzene rings is 2. The van der Waals surface area contributed by atoms with Gasteiger partial charge in [0.05, 0.1) is 12.2 Å². The van der Waals surface area contributed by atoms with E-state index in [0.29, 0.717) is 47.4 Å². The van der Waals surface area contributed by atoms with E-state index in [1.807, 2.05) is 20.8 Å². The first kappa shape index (κ1) is 24.8. The summed E-state index contributed by atoms with van der Waals surface area (Å²) in [6.45, 7) is 6.69. The molecule has 0 atom stereocenters. The number of oxime groups is 1. The number of hydrogen-bond donors (Lipinski definition) is 1. The molecule has 3 rings (SSSR count). The number of carboxylic acids is 1. The molecular weight excluding hydrogens is 443 g/mol. The Hall–Kier alpha value is -3.88. The van der Waals surface area contributed by atoms with Gasteiger partial charge in [0.2, 0.25) is 0 Å². The second-order valence-corrected chi connectivity index (χ2v) is 7.95. The number of aromatic carboxylic acids is 1. The van der Waals surface area contributed by atoms with E-state index >= 15 is 0 Å². The Morgan fingerprint density at radius 2 is 1.82 bits per heavy atom. The standard InChI is InChI=1S/C25H27FN2O6/c1-4-9-33-27-23(24-13-22(28-34-24)17-5-7-19(26)8-6-17)15-32-21-11-18(25(29)30)10-20(12-21)31-14-16(2)3/h5-8,10-13,16H,4,9,14-15H2,1-3H3,(H,29,30)/b27-23+. The number of carboxylic acid groups (broad SMARTS) is 1. The molecule has 9 heteroatoms. The molecule has 0 fully saturated rings. The number of hydrogen-bond acceptors (Lipinski definition) is 7. The molecule has 3 aromatic rings. The molecule has 0 aliphatic rings. The maximum atomic E-state index is 13.2. The van der Waals surface area contributed by atoms with Gasteiger partial charge in [-0.1, -0.05) is 31.1 Å². The van der Waals surface area contributed by atoms with E-state index in [-0.39, 0.29) is 23.9 Å². The molecule has 0 saturated heterocycles. The minimum Gasteiger partial charge on any atom is -0.493 e. The Morgan fingerprint density at radius 3 is 2.47 bits per heavy atom. The molecule has 1 heterocycles. The molecule has 0 aliphatic carbocycles. The molecule has 0 bridgehead atoms. The molecule has 2 aromatic carbocycles. The fourth-order valence-electron chi connectivity index (χ4n) is 2.80. The third-order valence-corrected chi connectivity index (χ3v) is 4.49. The topological polar surface area (TPSA) is 103 Å². The number of aromatic nitrogens is 1. The smallest absolute Gasteiger partial charge is 0.335 e. The Balaban J connectivity index is 1.81. The van der Waals surface area contributed by atoms with Crippen LogP contribution in [-0.4, -0.2) is 41.8 Å². The normalized spacial score (nSPS) is 11.5. The van der Waals surface area contributed by atoms with Gasteiger partial charge < -0.3 is 23.9 Å². The number of halogens is 1. The maximum Gasteiger partial charge on any atom is 0.335 e. The highest BCUT2D eigenvalue weighted by atomic mass is 19.1. The number of nitrogens with zero attached hydrogens (tertiary/aromatic N) is 2. The summed E-state index contributed by atoms with van der Waals surface area (Å²) in [6, 6.07) is 12.0. The van der Waals surface area contributed by atoms with Crippen LogP contribution in [0.2, 0.25) is 0 Å². The van der Waals surface area contributed by atoms with Crippen LogP contribution in [0.1, 0.15) is 43.3 Å². The SMILES string of the molecule is CCCO/N=C(\COc1cc(OCC(C)C)cc(C(=O)O)c1)c1cc(-c2ccc(F)cc2)no1. The van der Waals surface area contributed by atoms with Gasteiger partial charge in [0.1, 0.15) is 36.2 Å². The highest BCUT2D eigenvalue weighted by molar-refractivity contribution is 5.99. The van der Waals surface area contributed by atoms with Gasteiger partial charge in [-0.2, -0.15) is 0 Å². The second-order valence-electron chi connectivity index (χ2n) is 7.95. The lowest BCUT2D eigenvalue weighted by Gasteiger charge is -2.12. The lowest BCUT2D eigenvalue weighted by atomic mass is 10.1. The quantitative estimate of drug-likeness (QED) is 0.214. The van der Waals surface area contributed by atoms with E-state index in [9.17, 15) is 14.3 Å². The summed E-state index contributed by atoms with van der Waals surface area (Å²) < 4.78 is 30.2. The first-order chi connectivity index (χ1) is 16.4. The number of rotatable bonds is 12. The zero-order chi connectivity index (χ0) is 24.5. The Morgan fingerprint density at radius 1 is 1.12 bits per heavy atom. The predicted octanol–water partition coefficient (Wildman–Crippen LogP) is 5.42. The average Bonchev–Trinajstić information content (AvgIpc) is 3.30. The Bertz CT molecular complexity index is 1120. The van der Waals surface area contributed by atoms with Crippen molar-refractivity contribution in [3.05, 3.63) is 65.7 Å². The van der Waals surface area contributed by atoms with Crippen molar-refractivity contribution in [3.63, 3.8) is 0 Å². The van der Waals surface area contributed by atoms with Gasteiger partial charge in [0.25, 0.3) is 0 Å². The molecule has 0 amide bonds. The van der Waals surface area contributed by atoms with Crippen LogP contribution in [0.4, 0.5) is 4.39 Å². The van der Waals surface area contributed by atoms with Gasteiger partial charge in [0, 0.05) is 17.7 Å². The minimum atomic E-state index is -1.10. The highest BCUT2D eigenvalue weighted by Gasteiger charge is 2.16. The minimum absolute atomic E-state index is 0.0373. The van der Waals surface area contributed by atoms with Crippen molar-refractivity contribution < 1.29 is 33.1 Å². The third-order valence-electron chi connectivity index (χ3n) is 4.49. The predicted molar refractivity (Wildman–Crippen MR) is 124 cm³/mol. The largest absolute Gasteiger partial charge is 0.493 e. The van der Waals surface area contributed by atoms with Crippen molar-refractivity contribution in [2.75, 3.05) is 19.8 Å². The molecule has 34 heavy (non-hydrogen) atoms. The average molecular weight is 470 g/mol. The van der Waals surface area contributed by atoms with Crippen LogP contribution in [0.5, 0.6) is 11.5 Å². The van der Waals surface area contributed by atoms with E-state index in [1.54, 1.807) is 24.3 Å². The van der Waals surface area contributed by atoms with Crippen LogP contribution in [-0.2, 0) is 4.84 Å². The summed E-state index contributed by atoms with van der Waals surface area (Å²) in [5.74, 6) is -0.187. The van der Waals surface area contributed by atoms with Crippen LogP contribution in [0, 0.1) is 11.7 Å². The number of ether oxygens (including phenoxy) is 2. The van der Waals surface area contributed by atoms with Gasteiger partial charge in [-0.15, -0.1) is 0 Å². The van der Waals surface area contributed by atoms with Crippen LogP contribution in [0.3, 0.4) is 0 Å². The molecule has 8 nitrogen and oxygen atoms in total. The van der Waals surface area contributed by atoms with Crippen molar-refractivity contribution in [1.82, 2.24) is 5.16 Å². The Kier molecular flexibility index (Phi) is 8.61. The van der Waals surface area contributed by atoms with E-state index in [4.69, 9.17) is 18.8 Å². The summed E-state index contributed by atoms with van der Waals surface area (Å²) in [7, 11) is 0. The van der Waals surface area contributed by atoms with E-state index in [1.165, 1.54) is 24.3 Å². The fourth-order valence-corrected chi connectivity index (χ4v) is 2.80. The molecule has 0 radical (unpaired) electrons. The van der Waals surface area contributed by atoms with E-state index in [0.717, 1.165) is 6.42 Å². The summed E-state index contributed by atoms with van der Waals surface area (Å²) in [5.41, 5.74) is 1.53. The number of carbonyl (C=O) groups is 1. The van der Waals surface area contributed by atoms with Crippen LogP contribution >= 0.6 is 0 Å². The van der Waals surface area contributed by atoms with Crippen LogP contribution < -0.4 is 9.47 Å². The first-order valence-corrected chi connectivity index (χ1v) is 10.9. The lowest BCUT2D eigenvalue weighted by molar-refractivity contribution is 0.0695. The van der Waals surface area contributed by atoms with E-state index < -0.39 is 5.97 Å². The van der Waals surface area contributed by atoms with Crippen molar-refractivity contribution in [2.24, 2.45) is 11.1 Å². The first-order valence-electron chi connectivity index (χ1n) is 10.9. The summed E-state index contributed by atoms with van der Waals surface area (Å²) in [5, 5.41) is 17.6. The second kappa shape index (κ2) is 11.8. The summed E-state index contributed by atoms with van der Waals surface area (Å²) in [4.78, 5) is 16.9. The van der Waals surface area contributed by atoms with Crippen molar-refractivity contribution >= 4 is 11.7 Å². The summed E-state index contributed by atoms with van der Waals surface area (Å²) in [6.07, 6.45) is 0.756. The van der Waals surface area contributed by atoms with Crippen molar-refractivity contribution in [1.29, 1.82) is 0 Å². The van der Waals surface area contributed by atoms with Crippen molar-refractivity contribution in [2.45, 2.75) is 27.2 Å². The van der Waals surface area contributed by atoms with Gasteiger partial charge in [-0.25, -0.2) is 9.18 Å². The van der Waals surface area contributed by atoms with Gasteiger partial charge >= 0.3 is 5.97 Å². The molecule has 1 N–H and O–H groups in total. The highest BCUT2D eigenvalue weighted by Crippen LogP contribution is 2.25. The zero-order valence-electron chi connectivity index (χ0n) is 19.3. The molecule has 1 aromatic heterocycles. The maximum absolute atomic E-state index is 13.2. The van der Waals surface area contributed by atoms with Crippen LogP contribution in [0.25, 0.3) is 11.3 Å². The third kappa shape index (κ3) is 7.06. The lowest BCUT2D eigenvalue weighted by Crippen LogP contribution is -2.14. The summed E-state index contributed by atoms with van der Waals surface area (Å²) >= 11 is 0. The van der Waals surface area contributed by atoms with Gasteiger partial charge in [0.15, 0.2) is 11.5 Å². The molecule has 0 aliphatic heterocycles. The molecule has 180 valence electrons. The molecule has 0 spiro atoms. The van der Waals surface area contributed by atoms with E-state index in [2.05, 4.69) is 10.3 Å². The monoisotopic (exact) mass is 470 g/mol. The fraction of sp³-hybridized carbons (Fsp3) is 0.320. The zero-order valence-corrected chi connectivity index (χ0v) is 19.3.